The third-order valence-electron chi connectivity index (χ3n) is 2.95. The normalized spacial score (nSPS) is 17.6. The standard InChI is InChI=1S/C12H13NO4/c1-12(2)4-8-6(9(14)5-12)3-7(11(16)17)10(15)13-8/h3H,4-5H2,1-2H3,(H,13,15)(H,16,17). The van der Waals surface area contributed by atoms with Crippen molar-refractivity contribution in [1.82, 2.24) is 4.98 Å². The first-order chi connectivity index (χ1) is 7.80. The fraction of sp³-hybridized carbons (Fsp3) is 0.417. The maximum absolute atomic E-state index is 11.9. The highest BCUT2D eigenvalue weighted by Crippen LogP contribution is 2.33. The van der Waals surface area contributed by atoms with Gasteiger partial charge in [-0.3, -0.25) is 9.59 Å². The first-order valence-corrected chi connectivity index (χ1v) is 5.33. The molecule has 2 N–H and O–H groups in total. The first-order valence-electron chi connectivity index (χ1n) is 5.33. The van der Waals surface area contributed by atoms with Crippen molar-refractivity contribution in [1.29, 1.82) is 0 Å². The number of H-pyrrole nitrogens is 1. The summed E-state index contributed by atoms with van der Waals surface area (Å²) in [6.45, 7) is 3.88. The lowest BCUT2D eigenvalue weighted by Gasteiger charge is -2.29. The number of aromatic nitrogens is 1. The number of rotatable bonds is 1. The molecule has 90 valence electrons. The number of fused-ring (bicyclic) bond motifs is 1. The molecule has 0 saturated carbocycles. The fourth-order valence-electron chi connectivity index (χ4n) is 2.19. The number of hydrogen-bond acceptors (Lipinski definition) is 3. The van der Waals surface area contributed by atoms with E-state index in [1.54, 1.807) is 0 Å². The molecule has 0 aromatic carbocycles. The maximum Gasteiger partial charge on any atom is 0.341 e. The second-order valence-electron chi connectivity index (χ2n) is 5.15. The van der Waals surface area contributed by atoms with Crippen molar-refractivity contribution in [3.05, 3.63) is 33.2 Å². The molecule has 0 fully saturated rings. The van der Waals surface area contributed by atoms with Crippen LogP contribution in [0.15, 0.2) is 10.9 Å². The van der Waals surface area contributed by atoms with Crippen molar-refractivity contribution in [2.75, 3.05) is 0 Å². The molecule has 0 atom stereocenters. The quantitative estimate of drug-likeness (QED) is 0.766. The lowest BCUT2D eigenvalue weighted by molar-refractivity contribution is 0.0695. The van der Waals surface area contributed by atoms with Gasteiger partial charge in [-0.2, -0.15) is 0 Å². The predicted molar refractivity (Wildman–Crippen MR) is 60.5 cm³/mol. The minimum absolute atomic E-state index is 0.116. The van der Waals surface area contributed by atoms with Gasteiger partial charge in [0.05, 0.1) is 0 Å². The zero-order valence-corrected chi connectivity index (χ0v) is 9.66. The second kappa shape index (κ2) is 3.55. The van der Waals surface area contributed by atoms with Crippen LogP contribution in [0.5, 0.6) is 0 Å². The van der Waals surface area contributed by atoms with Crippen LogP contribution in [0.3, 0.4) is 0 Å². The summed E-state index contributed by atoms with van der Waals surface area (Å²) in [5, 5.41) is 8.82. The molecule has 1 aliphatic rings. The Morgan fingerprint density at radius 1 is 1.35 bits per heavy atom. The number of aromatic carboxylic acids is 1. The summed E-state index contributed by atoms with van der Waals surface area (Å²) in [5.41, 5.74) is -0.348. The second-order valence-corrected chi connectivity index (χ2v) is 5.15. The van der Waals surface area contributed by atoms with Gasteiger partial charge in [0.25, 0.3) is 5.56 Å². The number of pyridine rings is 1. The Hall–Kier alpha value is -1.91. The fourth-order valence-corrected chi connectivity index (χ4v) is 2.19. The SMILES string of the molecule is CC1(C)CC(=O)c2cc(C(=O)O)c(=O)[nH]c2C1. The summed E-state index contributed by atoms with van der Waals surface area (Å²) < 4.78 is 0. The molecule has 0 spiro atoms. The number of hydrogen-bond donors (Lipinski definition) is 2. The first kappa shape index (κ1) is 11.6. The van der Waals surface area contributed by atoms with Gasteiger partial charge in [-0.25, -0.2) is 4.79 Å². The minimum atomic E-state index is -1.31. The van der Waals surface area contributed by atoms with E-state index in [0.29, 0.717) is 24.1 Å². The number of carboxylic acids is 1. The van der Waals surface area contributed by atoms with E-state index in [4.69, 9.17) is 5.11 Å². The monoisotopic (exact) mass is 235 g/mol. The van der Waals surface area contributed by atoms with E-state index in [9.17, 15) is 14.4 Å². The number of carbonyl (C=O) groups excluding carboxylic acids is 1. The summed E-state index contributed by atoms with van der Waals surface area (Å²) in [4.78, 5) is 36.7. The third-order valence-corrected chi connectivity index (χ3v) is 2.95. The lowest BCUT2D eigenvalue weighted by atomic mass is 9.75. The van der Waals surface area contributed by atoms with Crippen LogP contribution < -0.4 is 5.56 Å². The number of Topliss-reactive ketones (excluding diaryl/α,β-unsaturated/α-hetero) is 1. The topological polar surface area (TPSA) is 87.2 Å². The smallest absolute Gasteiger partial charge is 0.341 e. The molecule has 1 heterocycles. The van der Waals surface area contributed by atoms with Crippen molar-refractivity contribution in [3.63, 3.8) is 0 Å². The molecule has 1 aliphatic carbocycles. The molecular formula is C12H13NO4. The van der Waals surface area contributed by atoms with Crippen LogP contribution >= 0.6 is 0 Å². The van der Waals surface area contributed by atoms with Gasteiger partial charge in [0.2, 0.25) is 0 Å². The summed E-state index contributed by atoms with van der Waals surface area (Å²) >= 11 is 0. The Bertz CT molecular complexity index is 568. The van der Waals surface area contributed by atoms with Crippen LogP contribution in [0.1, 0.15) is 46.7 Å². The molecule has 0 amide bonds. The third kappa shape index (κ3) is 2.00. The van der Waals surface area contributed by atoms with E-state index in [1.807, 2.05) is 13.8 Å². The molecule has 0 bridgehead atoms. The number of carboxylic acid groups (broad SMARTS) is 1. The molecule has 5 heteroatoms. The minimum Gasteiger partial charge on any atom is -0.477 e. The molecular weight excluding hydrogens is 222 g/mol. The number of aromatic amines is 1. The molecule has 2 rings (SSSR count). The van der Waals surface area contributed by atoms with Gasteiger partial charge in [0.15, 0.2) is 5.78 Å². The van der Waals surface area contributed by atoms with Gasteiger partial charge in [-0.1, -0.05) is 13.8 Å². The van der Waals surface area contributed by atoms with Crippen LogP contribution in [0.2, 0.25) is 0 Å². The largest absolute Gasteiger partial charge is 0.477 e. The average molecular weight is 235 g/mol. The number of ketones is 1. The van der Waals surface area contributed by atoms with Crippen molar-refractivity contribution >= 4 is 11.8 Å². The Kier molecular flexibility index (Phi) is 2.41. The average Bonchev–Trinajstić information content (AvgIpc) is 2.13. The lowest BCUT2D eigenvalue weighted by Crippen LogP contribution is -2.31. The van der Waals surface area contributed by atoms with E-state index in [1.165, 1.54) is 6.07 Å². The highest BCUT2D eigenvalue weighted by Gasteiger charge is 2.32. The van der Waals surface area contributed by atoms with E-state index < -0.39 is 11.5 Å². The maximum atomic E-state index is 11.9. The van der Waals surface area contributed by atoms with Gasteiger partial charge < -0.3 is 10.1 Å². The highest BCUT2D eigenvalue weighted by atomic mass is 16.4. The molecule has 17 heavy (non-hydrogen) atoms. The Morgan fingerprint density at radius 2 is 2.00 bits per heavy atom. The molecule has 0 unspecified atom stereocenters. The number of carbonyl (C=O) groups is 2. The van der Waals surface area contributed by atoms with Crippen LogP contribution in [0, 0.1) is 5.41 Å². The van der Waals surface area contributed by atoms with Gasteiger partial charge in [0, 0.05) is 17.7 Å². The molecule has 0 aliphatic heterocycles. The predicted octanol–water partition coefficient (Wildman–Crippen LogP) is 1.23. The Labute approximate surface area is 97.5 Å². The summed E-state index contributed by atoms with van der Waals surface area (Å²) in [7, 11) is 0. The van der Waals surface area contributed by atoms with E-state index in [-0.39, 0.29) is 16.8 Å². The Balaban J connectivity index is 2.62. The van der Waals surface area contributed by atoms with Crippen molar-refractivity contribution in [2.24, 2.45) is 5.41 Å². The van der Waals surface area contributed by atoms with Crippen molar-refractivity contribution < 1.29 is 14.7 Å². The van der Waals surface area contributed by atoms with Crippen molar-refractivity contribution in [3.8, 4) is 0 Å². The molecule has 0 radical (unpaired) electrons. The van der Waals surface area contributed by atoms with E-state index in [2.05, 4.69) is 4.98 Å². The highest BCUT2D eigenvalue weighted by molar-refractivity contribution is 6.00. The molecule has 1 aromatic heterocycles. The van der Waals surface area contributed by atoms with Gasteiger partial charge in [0.1, 0.15) is 5.56 Å². The summed E-state index contributed by atoms with van der Waals surface area (Å²) in [5.74, 6) is -1.43. The van der Waals surface area contributed by atoms with E-state index in [0.717, 1.165) is 0 Å². The molecule has 1 aromatic rings. The van der Waals surface area contributed by atoms with Crippen molar-refractivity contribution in [2.45, 2.75) is 26.7 Å². The van der Waals surface area contributed by atoms with E-state index >= 15 is 0 Å². The molecule has 0 saturated heterocycles. The van der Waals surface area contributed by atoms with Gasteiger partial charge in [-0.05, 0) is 17.9 Å². The Morgan fingerprint density at radius 3 is 2.59 bits per heavy atom. The number of nitrogens with one attached hydrogen (secondary N) is 1. The van der Waals surface area contributed by atoms with Crippen LogP contribution in [-0.2, 0) is 6.42 Å². The zero-order valence-electron chi connectivity index (χ0n) is 9.66. The summed E-state index contributed by atoms with van der Waals surface area (Å²) in [6, 6.07) is 1.19. The van der Waals surface area contributed by atoms with Crippen LogP contribution in [0.4, 0.5) is 0 Å². The van der Waals surface area contributed by atoms with Crippen LogP contribution in [-0.4, -0.2) is 21.8 Å². The zero-order chi connectivity index (χ0) is 12.8. The molecule has 5 nitrogen and oxygen atoms in total. The summed E-state index contributed by atoms with van der Waals surface area (Å²) in [6.07, 6.45) is 0.939. The van der Waals surface area contributed by atoms with Gasteiger partial charge >= 0.3 is 5.97 Å². The van der Waals surface area contributed by atoms with Gasteiger partial charge in [-0.15, -0.1) is 0 Å². The van der Waals surface area contributed by atoms with Crippen LogP contribution in [0.25, 0.3) is 0 Å².